The SMILES string of the molecule is N[C@H](CO)c1ccc(Br)nc1. The van der Waals surface area contributed by atoms with Crippen molar-refractivity contribution in [2.45, 2.75) is 6.04 Å². The topological polar surface area (TPSA) is 59.1 Å². The van der Waals surface area contributed by atoms with Crippen LogP contribution < -0.4 is 5.73 Å². The molecular weight excluding hydrogens is 208 g/mol. The van der Waals surface area contributed by atoms with Crippen molar-refractivity contribution < 1.29 is 5.11 Å². The van der Waals surface area contributed by atoms with Gasteiger partial charge in [0.1, 0.15) is 4.60 Å². The molecule has 1 atom stereocenters. The highest BCUT2D eigenvalue weighted by Crippen LogP contribution is 2.11. The molecule has 0 spiro atoms. The van der Waals surface area contributed by atoms with Crippen molar-refractivity contribution in [3.8, 4) is 0 Å². The van der Waals surface area contributed by atoms with Gasteiger partial charge in [-0.2, -0.15) is 0 Å². The molecule has 1 heterocycles. The van der Waals surface area contributed by atoms with Gasteiger partial charge in [0.2, 0.25) is 0 Å². The number of nitrogens with two attached hydrogens (primary N) is 1. The Labute approximate surface area is 73.4 Å². The zero-order valence-electron chi connectivity index (χ0n) is 5.87. The highest BCUT2D eigenvalue weighted by Gasteiger charge is 2.02. The van der Waals surface area contributed by atoms with Crippen LogP contribution in [0.3, 0.4) is 0 Å². The molecule has 3 nitrogen and oxygen atoms in total. The molecule has 3 N–H and O–H groups in total. The Morgan fingerprint density at radius 1 is 1.64 bits per heavy atom. The van der Waals surface area contributed by atoms with Gasteiger partial charge in [-0.25, -0.2) is 4.98 Å². The normalized spacial score (nSPS) is 13.0. The largest absolute Gasteiger partial charge is 0.394 e. The first-order valence-corrected chi connectivity index (χ1v) is 4.01. The van der Waals surface area contributed by atoms with Crippen LogP contribution in [0.2, 0.25) is 0 Å². The first-order valence-electron chi connectivity index (χ1n) is 3.22. The summed E-state index contributed by atoms with van der Waals surface area (Å²) in [6.07, 6.45) is 1.64. The molecule has 0 saturated carbocycles. The van der Waals surface area contributed by atoms with Crippen molar-refractivity contribution >= 4 is 15.9 Å². The van der Waals surface area contributed by atoms with E-state index in [2.05, 4.69) is 20.9 Å². The smallest absolute Gasteiger partial charge is 0.106 e. The van der Waals surface area contributed by atoms with E-state index in [-0.39, 0.29) is 12.6 Å². The van der Waals surface area contributed by atoms with Gasteiger partial charge < -0.3 is 10.8 Å². The van der Waals surface area contributed by atoms with Crippen molar-refractivity contribution in [2.24, 2.45) is 5.73 Å². The quantitative estimate of drug-likeness (QED) is 0.721. The molecule has 0 aliphatic heterocycles. The van der Waals surface area contributed by atoms with Crippen molar-refractivity contribution in [1.29, 1.82) is 0 Å². The Balaban J connectivity index is 2.81. The molecule has 60 valence electrons. The summed E-state index contributed by atoms with van der Waals surface area (Å²) in [7, 11) is 0. The van der Waals surface area contributed by atoms with Gasteiger partial charge in [0.15, 0.2) is 0 Å². The van der Waals surface area contributed by atoms with E-state index in [0.717, 1.165) is 10.2 Å². The zero-order valence-corrected chi connectivity index (χ0v) is 7.45. The molecule has 0 unspecified atom stereocenters. The van der Waals surface area contributed by atoms with E-state index >= 15 is 0 Å². The maximum absolute atomic E-state index is 8.69. The first-order chi connectivity index (χ1) is 5.24. The average molecular weight is 217 g/mol. The van der Waals surface area contributed by atoms with Crippen molar-refractivity contribution in [3.05, 3.63) is 28.5 Å². The second-order valence-corrected chi connectivity index (χ2v) is 3.02. The number of hydrogen-bond donors (Lipinski definition) is 2. The van der Waals surface area contributed by atoms with Crippen LogP contribution in [0.25, 0.3) is 0 Å². The monoisotopic (exact) mass is 216 g/mol. The average Bonchev–Trinajstić information content (AvgIpc) is 2.05. The van der Waals surface area contributed by atoms with E-state index in [1.54, 1.807) is 12.3 Å². The summed E-state index contributed by atoms with van der Waals surface area (Å²) in [5, 5.41) is 8.69. The second-order valence-electron chi connectivity index (χ2n) is 2.20. The summed E-state index contributed by atoms with van der Waals surface area (Å²) >= 11 is 3.20. The van der Waals surface area contributed by atoms with Gasteiger partial charge in [0.25, 0.3) is 0 Å². The minimum atomic E-state index is -0.324. The molecule has 0 aromatic carbocycles. The standard InChI is InChI=1S/C7H9BrN2O/c8-7-2-1-5(3-10-7)6(9)4-11/h1-3,6,11H,4,9H2/t6-/m1/s1. The van der Waals surface area contributed by atoms with E-state index in [1.807, 2.05) is 6.07 Å². The Hall–Kier alpha value is -0.450. The molecular formula is C7H9BrN2O. The third-order valence-electron chi connectivity index (χ3n) is 1.38. The fourth-order valence-corrected chi connectivity index (χ4v) is 0.947. The Morgan fingerprint density at radius 3 is 2.82 bits per heavy atom. The van der Waals surface area contributed by atoms with Gasteiger partial charge in [0, 0.05) is 6.20 Å². The summed E-state index contributed by atoms with van der Waals surface area (Å²) in [6.45, 7) is -0.0523. The van der Waals surface area contributed by atoms with Crippen LogP contribution in [-0.2, 0) is 0 Å². The molecule has 0 aliphatic carbocycles. The van der Waals surface area contributed by atoms with Gasteiger partial charge in [0.05, 0.1) is 12.6 Å². The number of nitrogens with zero attached hydrogens (tertiary/aromatic N) is 1. The first kappa shape index (κ1) is 8.64. The van der Waals surface area contributed by atoms with Gasteiger partial charge in [-0.05, 0) is 27.6 Å². The molecule has 0 radical (unpaired) electrons. The van der Waals surface area contributed by atoms with Crippen LogP contribution in [0.5, 0.6) is 0 Å². The Bertz CT molecular complexity index is 224. The summed E-state index contributed by atoms with van der Waals surface area (Å²) in [6, 6.07) is 3.30. The number of aliphatic hydroxyl groups is 1. The molecule has 1 rings (SSSR count). The number of aliphatic hydroxyl groups excluding tert-OH is 1. The molecule has 0 fully saturated rings. The molecule has 11 heavy (non-hydrogen) atoms. The number of halogens is 1. The van der Waals surface area contributed by atoms with Crippen molar-refractivity contribution in [1.82, 2.24) is 4.98 Å². The van der Waals surface area contributed by atoms with Crippen LogP contribution in [0.4, 0.5) is 0 Å². The lowest BCUT2D eigenvalue weighted by molar-refractivity contribution is 0.268. The Morgan fingerprint density at radius 2 is 2.36 bits per heavy atom. The number of pyridine rings is 1. The van der Waals surface area contributed by atoms with Crippen LogP contribution in [0, 0.1) is 0 Å². The fraction of sp³-hybridized carbons (Fsp3) is 0.286. The van der Waals surface area contributed by atoms with Gasteiger partial charge >= 0.3 is 0 Å². The van der Waals surface area contributed by atoms with Crippen molar-refractivity contribution in [3.63, 3.8) is 0 Å². The minimum Gasteiger partial charge on any atom is -0.394 e. The summed E-state index contributed by atoms with van der Waals surface area (Å²) in [4.78, 5) is 3.97. The fourth-order valence-electron chi connectivity index (χ4n) is 0.712. The molecule has 0 amide bonds. The van der Waals surface area contributed by atoms with Crippen LogP contribution >= 0.6 is 15.9 Å². The highest BCUT2D eigenvalue weighted by molar-refractivity contribution is 9.10. The van der Waals surface area contributed by atoms with E-state index in [0.29, 0.717) is 0 Å². The van der Waals surface area contributed by atoms with E-state index in [4.69, 9.17) is 10.8 Å². The van der Waals surface area contributed by atoms with E-state index in [9.17, 15) is 0 Å². The molecule has 0 aliphatic rings. The maximum Gasteiger partial charge on any atom is 0.106 e. The summed E-state index contributed by atoms with van der Waals surface area (Å²) in [5.74, 6) is 0. The molecule has 0 bridgehead atoms. The molecule has 4 heteroatoms. The third-order valence-corrected chi connectivity index (χ3v) is 1.84. The lowest BCUT2D eigenvalue weighted by Crippen LogP contribution is -2.14. The van der Waals surface area contributed by atoms with Gasteiger partial charge in [-0.15, -0.1) is 0 Å². The third kappa shape index (κ3) is 2.25. The number of aromatic nitrogens is 1. The number of hydrogen-bond acceptors (Lipinski definition) is 3. The highest BCUT2D eigenvalue weighted by atomic mass is 79.9. The van der Waals surface area contributed by atoms with E-state index < -0.39 is 0 Å². The van der Waals surface area contributed by atoms with Crippen LogP contribution in [-0.4, -0.2) is 16.7 Å². The summed E-state index contributed by atoms with van der Waals surface area (Å²) < 4.78 is 0.770. The van der Waals surface area contributed by atoms with Gasteiger partial charge in [-0.3, -0.25) is 0 Å². The Kier molecular flexibility index (Phi) is 2.99. The molecule has 1 aromatic rings. The van der Waals surface area contributed by atoms with E-state index in [1.165, 1.54) is 0 Å². The predicted molar refractivity (Wildman–Crippen MR) is 46.0 cm³/mol. The molecule has 0 saturated heterocycles. The van der Waals surface area contributed by atoms with Crippen LogP contribution in [0.1, 0.15) is 11.6 Å². The summed E-state index contributed by atoms with van der Waals surface area (Å²) in [5.41, 5.74) is 6.38. The van der Waals surface area contributed by atoms with Crippen molar-refractivity contribution in [2.75, 3.05) is 6.61 Å². The number of rotatable bonds is 2. The predicted octanol–water partition coefficient (Wildman–Crippen LogP) is 0.836. The minimum absolute atomic E-state index is 0.0523. The molecule has 1 aromatic heterocycles. The zero-order chi connectivity index (χ0) is 8.27. The lowest BCUT2D eigenvalue weighted by Gasteiger charge is -2.06. The lowest BCUT2D eigenvalue weighted by atomic mass is 10.1. The maximum atomic E-state index is 8.69. The van der Waals surface area contributed by atoms with Crippen LogP contribution in [0.15, 0.2) is 22.9 Å². The van der Waals surface area contributed by atoms with Gasteiger partial charge in [-0.1, -0.05) is 6.07 Å². The second kappa shape index (κ2) is 3.80.